The van der Waals surface area contributed by atoms with Crippen molar-refractivity contribution >= 4 is 32.0 Å². The summed E-state index contributed by atoms with van der Waals surface area (Å²) in [6, 6.07) is 14.3. The fourth-order valence-corrected chi connectivity index (χ4v) is 5.42. The zero-order valence-electron chi connectivity index (χ0n) is 27.2. The lowest BCUT2D eigenvalue weighted by atomic mass is 10.1. The van der Waals surface area contributed by atoms with Crippen molar-refractivity contribution in [2.45, 2.75) is 90.9 Å². The summed E-state index contributed by atoms with van der Waals surface area (Å²) < 4.78 is 17.2. The molecule has 11 heteroatoms. The van der Waals surface area contributed by atoms with Gasteiger partial charge in [-0.25, -0.2) is 4.79 Å². The molecule has 0 saturated carbocycles. The van der Waals surface area contributed by atoms with Crippen molar-refractivity contribution in [2.24, 2.45) is 0 Å². The number of ketones is 1. The Morgan fingerprint density at radius 2 is 1.45 bits per heavy atom. The predicted octanol–water partition coefficient (Wildman–Crippen LogP) is 5.21. The molecular weight excluding hydrogens is 578 g/mol. The van der Waals surface area contributed by atoms with Gasteiger partial charge in [-0.2, -0.15) is 0 Å². The van der Waals surface area contributed by atoms with E-state index in [0.717, 1.165) is 11.1 Å². The number of alkyl carbamates (subject to hydrolysis) is 1. The third kappa shape index (κ3) is 10.5. The highest BCUT2D eigenvalue weighted by atomic mass is 28.4. The molecule has 3 rings (SSSR count). The Hall–Kier alpha value is -3.70. The van der Waals surface area contributed by atoms with Crippen LogP contribution in [-0.2, 0) is 31.8 Å². The molecule has 0 aromatic heterocycles. The molecule has 1 aliphatic heterocycles. The van der Waals surface area contributed by atoms with Crippen LogP contribution in [0.2, 0.25) is 18.1 Å². The van der Waals surface area contributed by atoms with Crippen LogP contribution in [-0.4, -0.2) is 68.3 Å². The van der Waals surface area contributed by atoms with Crippen LogP contribution in [0.4, 0.5) is 4.79 Å². The smallest absolute Gasteiger partial charge is 0.407 e. The average Bonchev–Trinajstić information content (AvgIpc) is 3.29. The largest absolute Gasteiger partial charge is 0.493 e. The van der Waals surface area contributed by atoms with Gasteiger partial charge in [0.15, 0.2) is 14.1 Å². The van der Waals surface area contributed by atoms with Crippen LogP contribution in [0.5, 0.6) is 5.75 Å². The van der Waals surface area contributed by atoms with Gasteiger partial charge in [0.05, 0.1) is 26.1 Å². The average molecular weight is 626 g/mol. The third-order valence-corrected chi connectivity index (χ3v) is 12.2. The van der Waals surface area contributed by atoms with E-state index in [1.165, 1.54) is 0 Å². The zero-order valence-corrected chi connectivity index (χ0v) is 28.2. The van der Waals surface area contributed by atoms with Gasteiger partial charge in [0, 0.05) is 18.7 Å². The zero-order chi connectivity index (χ0) is 32.7. The number of ether oxygens (including phenoxy) is 2. The van der Waals surface area contributed by atoms with Crippen LogP contribution in [0, 0.1) is 0 Å². The molecule has 1 atom stereocenters. The summed E-state index contributed by atoms with van der Waals surface area (Å²) in [4.78, 5) is 51.2. The summed E-state index contributed by atoms with van der Waals surface area (Å²) in [6.45, 7) is 17.2. The first kappa shape index (κ1) is 34.8. The van der Waals surface area contributed by atoms with Gasteiger partial charge in [0.1, 0.15) is 17.5 Å². The summed E-state index contributed by atoms with van der Waals surface area (Å²) in [5, 5.41) is 5.57. The first-order valence-corrected chi connectivity index (χ1v) is 17.9. The van der Waals surface area contributed by atoms with Crippen LogP contribution in [0.25, 0.3) is 0 Å². The molecule has 0 radical (unpaired) electrons. The van der Waals surface area contributed by atoms with E-state index >= 15 is 0 Å². The molecule has 1 saturated heterocycles. The van der Waals surface area contributed by atoms with Gasteiger partial charge in [0.2, 0.25) is 5.91 Å². The van der Waals surface area contributed by atoms with E-state index in [4.69, 9.17) is 13.9 Å². The maximum absolute atomic E-state index is 12.7. The van der Waals surface area contributed by atoms with Crippen LogP contribution >= 0.6 is 0 Å². The summed E-state index contributed by atoms with van der Waals surface area (Å²) in [6.07, 6.45) is -0.889. The lowest BCUT2D eigenvalue weighted by Gasteiger charge is -2.37. The molecule has 0 bridgehead atoms. The lowest BCUT2D eigenvalue weighted by molar-refractivity contribution is -0.132. The Morgan fingerprint density at radius 1 is 0.886 bits per heavy atom. The van der Waals surface area contributed by atoms with Crippen LogP contribution in [0.3, 0.4) is 0 Å². The van der Waals surface area contributed by atoms with Crippen molar-refractivity contribution in [1.29, 1.82) is 0 Å². The highest BCUT2D eigenvalue weighted by Gasteiger charge is 2.43. The molecule has 0 aliphatic carbocycles. The van der Waals surface area contributed by atoms with E-state index in [-0.39, 0.29) is 42.2 Å². The topological polar surface area (TPSA) is 123 Å². The molecule has 3 amide bonds. The molecular formula is C33H47N3O7Si. The number of nitrogens with zero attached hydrogens (tertiary/aromatic N) is 1. The monoisotopic (exact) mass is 625 g/mol. The molecule has 1 fully saturated rings. The Morgan fingerprint density at radius 3 is 2.02 bits per heavy atom. The number of nitrogens with one attached hydrogen (secondary N) is 2. The van der Waals surface area contributed by atoms with E-state index in [0.29, 0.717) is 30.9 Å². The van der Waals surface area contributed by atoms with Crippen molar-refractivity contribution in [3.8, 4) is 5.75 Å². The Balaban J connectivity index is 1.38. The van der Waals surface area contributed by atoms with Crippen LogP contribution in [0.1, 0.15) is 69.4 Å². The van der Waals surface area contributed by atoms with Crippen LogP contribution < -0.4 is 15.4 Å². The molecule has 0 spiro atoms. The second-order valence-electron chi connectivity index (χ2n) is 13.6. The Bertz CT molecular complexity index is 1310. The van der Waals surface area contributed by atoms with Crippen molar-refractivity contribution in [1.82, 2.24) is 15.5 Å². The summed E-state index contributed by atoms with van der Waals surface area (Å²) in [5.74, 6) is 0.218. The standard InChI is InChI=1S/C33H47N3O7Si/c1-32(2,3)42-31(40)35-20-23-9-13-25(14-10-23)30(39)34-19-24-11-15-26(16-12-24)41-18-17-29(38)36-21-27(37)28(22-36)43-44(7,8)33(4,5)6/h9-16,28H,17-22H2,1-8H3,(H,34,39)(H,35,40)/t28-/m0/s1. The van der Waals surface area contributed by atoms with Crippen molar-refractivity contribution in [3.63, 3.8) is 0 Å². The fraction of sp³-hybridized carbons (Fsp3) is 0.515. The quantitative estimate of drug-likeness (QED) is 0.329. The third-order valence-electron chi connectivity index (χ3n) is 7.70. The normalized spacial score (nSPS) is 15.6. The number of likely N-dealkylation sites (tertiary alicyclic amines) is 1. The Kier molecular flexibility index (Phi) is 11.4. The number of hydrogen-bond acceptors (Lipinski definition) is 7. The number of rotatable bonds is 11. The minimum Gasteiger partial charge on any atom is -0.493 e. The summed E-state index contributed by atoms with van der Waals surface area (Å²) in [5.41, 5.74) is 1.68. The van der Waals surface area contributed by atoms with Crippen molar-refractivity contribution in [2.75, 3.05) is 19.7 Å². The molecule has 0 unspecified atom stereocenters. The van der Waals surface area contributed by atoms with E-state index in [2.05, 4.69) is 44.5 Å². The first-order chi connectivity index (χ1) is 20.4. The maximum atomic E-state index is 12.7. The number of hydrogen-bond donors (Lipinski definition) is 2. The molecule has 2 aromatic rings. The molecule has 240 valence electrons. The minimum absolute atomic E-state index is 0.0172. The highest BCUT2D eigenvalue weighted by Crippen LogP contribution is 2.38. The fourth-order valence-electron chi connectivity index (χ4n) is 4.15. The molecule has 1 aliphatic rings. The van der Waals surface area contributed by atoms with E-state index in [9.17, 15) is 19.2 Å². The Labute approximate surface area is 261 Å². The number of Topliss-reactive ketones (excluding diaryl/α,β-unsaturated/α-hetero) is 1. The van der Waals surface area contributed by atoms with Gasteiger partial charge in [-0.3, -0.25) is 14.4 Å². The van der Waals surface area contributed by atoms with Crippen molar-refractivity contribution < 1.29 is 33.1 Å². The van der Waals surface area contributed by atoms with Gasteiger partial charge in [-0.1, -0.05) is 45.0 Å². The second-order valence-corrected chi connectivity index (χ2v) is 18.3. The van der Waals surface area contributed by atoms with Gasteiger partial charge in [-0.15, -0.1) is 0 Å². The number of carbonyl (C=O) groups excluding carboxylic acids is 4. The van der Waals surface area contributed by atoms with Crippen LogP contribution in [0.15, 0.2) is 48.5 Å². The first-order valence-electron chi connectivity index (χ1n) is 15.0. The lowest BCUT2D eigenvalue weighted by Crippen LogP contribution is -2.46. The van der Waals surface area contributed by atoms with Gasteiger partial charge in [0.25, 0.3) is 5.91 Å². The van der Waals surface area contributed by atoms with Crippen molar-refractivity contribution in [3.05, 3.63) is 65.2 Å². The molecule has 2 aromatic carbocycles. The second kappa shape index (κ2) is 14.4. The van der Waals surface area contributed by atoms with Gasteiger partial charge >= 0.3 is 6.09 Å². The number of carbonyl (C=O) groups is 4. The van der Waals surface area contributed by atoms with Gasteiger partial charge in [-0.05, 0) is 74.3 Å². The number of amides is 3. The molecule has 10 nitrogen and oxygen atoms in total. The molecule has 1 heterocycles. The van der Waals surface area contributed by atoms with E-state index in [1.807, 2.05) is 12.1 Å². The van der Waals surface area contributed by atoms with E-state index in [1.54, 1.807) is 62.1 Å². The minimum atomic E-state index is -2.12. The summed E-state index contributed by atoms with van der Waals surface area (Å²) in [7, 11) is -2.12. The van der Waals surface area contributed by atoms with E-state index < -0.39 is 26.1 Å². The SMILES string of the molecule is CC(C)(C)OC(=O)NCc1ccc(C(=O)NCc2ccc(OCCC(=O)N3CC(=O)[C@@H](O[Si](C)(C)C(C)(C)C)C3)cc2)cc1. The van der Waals surface area contributed by atoms with Gasteiger partial charge < -0.3 is 29.4 Å². The molecule has 44 heavy (non-hydrogen) atoms. The maximum Gasteiger partial charge on any atom is 0.407 e. The highest BCUT2D eigenvalue weighted by molar-refractivity contribution is 6.74. The molecule has 2 N–H and O–H groups in total. The summed E-state index contributed by atoms with van der Waals surface area (Å²) >= 11 is 0. The predicted molar refractivity (Wildman–Crippen MR) is 171 cm³/mol. The number of benzene rings is 2.